The fourth-order valence-electron chi connectivity index (χ4n) is 4.63. The highest BCUT2D eigenvalue weighted by molar-refractivity contribution is 5.95. The normalized spacial score (nSPS) is 25.6. The summed E-state index contributed by atoms with van der Waals surface area (Å²) in [5.74, 6) is 0.212. The maximum atomic E-state index is 12.5. The van der Waals surface area contributed by atoms with E-state index in [1.54, 1.807) is 6.92 Å². The standard InChI is InChI=1S/C22H30N2O5/c1-13-17(21(25)27-6)16(11-12-23)19(26-5)20-18(13)28-22(2,29-20)14-7-9-15(10-8-14)24(3)4/h14-15H,7-11H2,1-6H3. The first kappa shape index (κ1) is 21.3. The van der Waals surface area contributed by atoms with Gasteiger partial charge >= 0.3 is 5.97 Å². The van der Waals surface area contributed by atoms with Crippen LogP contribution in [0.5, 0.6) is 17.2 Å². The molecule has 0 radical (unpaired) electrons. The molecule has 1 aromatic rings. The van der Waals surface area contributed by atoms with E-state index in [-0.39, 0.29) is 12.3 Å². The highest BCUT2D eigenvalue weighted by atomic mass is 16.7. The minimum Gasteiger partial charge on any atom is -0.492 e. The smallest absolute Gasteiger partial charge is 0.338 e. The maximum absolute atomic E-state index is 12.5. The van der Waals surface area contributed by atoms with Gasteiger partial charge in [0, 0.05) is 30.0 Å². The summed E-state index contributed by atoms with van der Waals surface area (Å²) in [6.45, 7) is 3.75. The summed E-state index contributed by atoms with van der Waals surface area (Å²) in [6.07, 6.45) is 4.15. The largest absolute Gasteiger partial charge is 0.492 e. The molecule has 0 spiro atoms. The zero-order valence-electron chi connectivity index (χ0n) is 18.1. The molecule has 3 rings (SSSR count). The third-order valence-corrected chi connectivity index (χ3v) is 6.33. The lowest BCUT2D eigenvalue weighted by Gasteiger charge is -2.39. The van der Waals surface area contributed by atoms with Gasteiger partial charge in [-0.05, 0) is 46.7 Å². The molecule has 2 aliphatic rings. The fourth-order valence-corrected chi connectivity index (χ4v) is 4.63. The van der Waals surface area contributed by atoms with Crippen LogP contribution in [-0.4, -0.2) is 51.0 Å². The number of nitriles is 1. The molecule has 1 unspecified atom stereocenters. The zero-order valence-corrected chi connectivity index (χ0v) is 18.1. The van der Waals surface area contributed by atoms with Crippen molar-refractivity contribution in [3.05, 3.63) is 16.7 Å². The van der Waals surface area contributed by atoms with Crippen molar-refractivity contribution in [2.45, 2.75) is 57.8 Å². The molecule has 1 heterocycles. The third kappa shape index (κ3) is 3.62. The van der Waals surface area contributed by atoms with E-state index in [2.05, 4.69) is 25.1 Å². The summed E-state index contributed by atoms with van der Waals surface area (Å²) in [4.78, 5) is 14.7. The number of hydrogen-bond acceptors (Lipinski definition) is 7. The molecule has 158 valence electrons. The molecule has 0 amide bonds. The quantitative estimate of drug-likeness (QED) is 0.698. The van der Waals surface area contributed by atoms with E-state index < -0.39 is 11.8 Å². The number of rotatable bonds is 5. The Morgan fingerprint density at radius 1 is 1.21 bits per heavy atom. The molecule has 1 aliphatic heterocycles. The summed E-state index contributed by atoms with van der Waals surface area (Å²) in [5.41, 5.74) is 1.40. The fraction of sp³-hybridized carbons (Fsp3) is 0.636. The van der Waals surface area contributed by atoms with Crippen molar-refractivity contribution in [2.24, 2.45) is 5.92 Å². The van der Waals surface area contributed by atoms with Crippen molar-refractivity contribution in [1.82, 2.24) is 4.90 Å². The number of fused-ring (bicyclic) bond motifs is 1. The Hall–Kier alpha value is -2.46. The molecule has 0 saturated heterocycles. The Morgan fingerprint density at radius 3 is 2.34 bits per heavy atom. The van der Waals surface area contributed by atoms with E-state index in [4.69, 9.17) is 18.9 Å². The first-order chi connectivity index (χ1) is 13.8. The van der Waals surface area contributed by atoms with Crippen molar-refractivity contribution in [2.75, 3.05) is 28.3 Å². The van der Waals surface area contributed by atoms with Crippen LogP contribution < -0.4 is 14.2 Å². The monoisotopic (exact) mass is 402 g/mol. The predicted octanol–water partition coefficient (Wildman–Crippen LogP) is 3.46. The molecular formula is C22H30N2O5. The maximum Gasteiger partial charge on any atom is 0.338 e. The van der Waals surface area contributed by atoms with Crippen LogP contribution >= 0.6 is 0 Å². The third-order valence-electron chi connectivity index (χ3n) is 6.33. The average Bonchev–Trinajstić information content (AvgIpc) is 3.07. The van der Waals surface area contributed by atoms with Crippen LogP contribution in [0.25, 0.3) is 0 Å². The SMILES string of the molecule is COC(=O)c1c(C)c2c(c(OC)c1CC#N)OC(C)(C1CCC(N(C)C)CC1)O2. The van der Waals surface area contributed by atoms with Crippen LogP contribution in [0.15, 0.2) is 0 Å². The minimum atomic E-state index is -0.837. The summed E-state index contributed by atoms with van der Waals surface area (Å²) in [7, 11) is 7.06. The van der Waals surface area contributed by atoms with Gasteiger partial charge in [0.25, 0.3) is 5.79 Å². The molecule has 1 aliphatic carbocycles. The van der Waals surface area contributed by atoms with E-state index in [0.717, 1.165) is 25.7 Å². The van der Waals surface area contributed by atoms with Gasteiger partial charge in [-0.15, -0.1) is 0 Å². The van der Waals surface area contributed by atoms with E-state index >= 15 is 0 Å². The van der Waals surface area contributed by atoms with Crippen molar-refractivity contribution in [3.63, 3.8) is 0 Å². The second kappa shape index (κ2) is 8.11. The van der Waals surface area contributed by atoms with Crippen molar-refractivity contribution in [1.29, 1.82) is 5.26 Å². The number of benzene rings is 1. The summed E-state index contributed by atoms with van der Waals surface area (Å²) in [5, 5.41) is 9.30. The molecule has 1 atom stereocenters. The molecule has 0 N–H and O–H groups in total. The molecule has 1 saturated carbocycles. The highest BCUT2D eigenvalue weighted by Gasteiger charge is 2.48. The molecule has 29 heavy (non-hydrogen) atoms. The van der Waals surface area contributed by atoms with Gasteiger partial charge in [-0.2, -0.15) is 5.26 Å². The van der Waals surface area contributed by atoms with E-state index in [0.29, 0.717) is 40.0 Å². The van der Waals surface area contributed by atoms with Crippen LogP contribution in [0.3, 0.4) is 0 Å². The number of carbonyl (C=O) groups excluding carboxylic acids is 1. The Kier molecular flexibility index (Phi) is 5.95. The van der Waals surface area contributed by atoms with E-state index in [9.17, 15) is 10.1 Å². The van der Waals surface area contributed by atoms with Crippen LogP contribution in [0.4, 0.5) is 0 Å². The number of carbonyl (C=O) groups is 1. The minimum absolute atomic E-state index is 0.00967. The van der Waals surface area contributed by atoms with Crippen LogP contribution in [0.1, 0.15) is 54.1 Å². The Morgan fingerprint density at radius 2 is 1.83 bits per heavy atom. The zero-order chi connectivity index (χ0) is 21.3. The van der Waals surface area contributed by atoms with Gasteiger partial charge < -0.3 is 23.8 Å². The predicted molar refractivity (Wildman–Crippen MR) is 107 cm³/mol. The summed E-state index contributed by atoms with van der Waals surface area (Å²) < 4.78 is 23.3. The van der Waals surface area contributed by atoms with Gasteiger partial charge in [0.15, 0.2) is 11.5 Å². The van der Waals surface area contributed by atoms with Gasteiger partial charge in [0.1, 0.15) is 0 Å². The number of methoxy groups -OCH3 is 2. The lowest BCUT2D eigenvalue weighted by Crippen LogP contribution is -2.46. The first-order valence-electron chi connectivity index (χ1n) is 10.0. The molecule has 1 aromatic carbocycles. The van der Waals surface area contributed by atoms with Crippen molar-refractivity contribution < 1.29 is 23.7 Å². The van der Waals surface area contributed by atoms with Crippen molar-refractivity contribution in [3.8, 4) is 23.3 Å². The molecule has 7 nitrogen and oxygen atoms in total. The average molecular weight is 402 g/mol. The number of ether oxygens (including phenoxy) is 4. The van der Waals surface area contributed by atoms with Gasteiger partial charge in [0.05, 0.1) is 32.3 Å². The van der Waals surface area contributed by atoms with E-state index in [1.807, 2.05) is 6.92 Å². The van der Waals surface area contributed by atoms with Gasteiger partial charge in [-0.3, -0.25) is 0 Å². The van der Waals surface area contributed by atoms with Gasteiger partial charge in [-0.1, -0.05) is 0 Å². The topological polar surface area (TPSA) is 81.0 Å². The highest BCUT2D eigenvalue weighted by Crippen LogP contribution is 2.54. The second-order valence-corrected chi connectivity index (χ2v) is 8.19. The lowest BCUT2D eigenvalue weighted by atomic mass is 9.81. The molecular weight excluding hydrogens is 372 g/mol. The number of hydrogen-bond donors (Lipinski definition) is 0. The van der Waals surface area contributed by atoms with Gasteiger partial charge in [-0.25, -0.2) is 4.79 Å². The summed E-state index contributed by atoms with van der Waals surface area (Å²) >= 11 is 0. The van der Waals surface area contributed by atoms with Crippen LogP contribution in [0.2, 0.25) is 0 Å². The molecule has 0 aromatic heterocycles. The Balaban J connectivity index is 2.00. The van der Waals surface area contributed by atoms with Crippen LogP contribution in [0, 0.1) is 24.2 Å². The first-order valence-corrected chi connectivity index (χ1v) is 10.0. The second-order valence-electron chi connectivity index (χ2n) is 8.19. The van der Waals surface area contributed by atoms with Crippen LogP contribution in [-0.2, 0) is 11.2 Å². The Bertz CT molecular complexity index is 837. The summed E-state index contributed by atoms with van der Waals surface area (Å²) in [6, 6.07) is 2.68. The Labute approximate surface area is 172 Å². The molecule has 7 heteroatoms. The number of esters is 1. The molecule has 1 fully saturated rings. The lowest BCUT2D eigenvalue weighted by molar-refractivity contribution is -0.123. The molecule has 0 bridgehead atoms. The van der Waals surface area contributed by atoms with Gasteiger partial charge in [0.2, 0.25) is 5.75 Å². The number of nitrogens with zero attached hydrogens (tertiary/aromatic N) is 2. The van der Waals surface area contributed by atoms with Crippen molar-refractivity contribution >= 4 is 5.97 Å². The van der Waals surface area contributed by atoms with E-state index in [1.165, 1.54) is 14.2 Å².